The summed E-state index contributed by atoms with van der Waals surface area (Å²) < 4.78 is 5.53. The van der Waals surface area contributed by atoms with Gasteiger partial charge in [-0.1, -0.05) is 25.0 Å². The van der Waals surface area contributed by atoms with Crippen LogP contribution in [0.1, 0.15) is 42.5 Å². The molecule has 0 aliphatic rings. The van der Waals surface area contributed by atoms with E-state index in [2.05, 4.69) is 32.6 Å². The molecule has 0 aliphatic heterocycles. The minimum atomic E-state index is -0.156. The van der Waals surface area contributed by atoms with E-state index in [1.165, 1.54) is 7.11 Å². The van der Waals surface area contributed by atoms with E-state index in [1.807, 2.05) is 24.3 Å². The van der Waals surface area contributed by atoms with Crippen LogP contribution in [0.3, 0.4) is 0 Å². The Hall–Kier alpha value is -1.11. The Morgan fingerprint density at radius 1 is 1.15 bits per heavy atom. The zero-order valence-corrected chi connectivity index (χ0v) is 13.8. The average molecular weight is 389 g/mol. The average Bonchev–Trinajstić information content (AvgIpc) is 2.46. The van der Waals surface area contributed by atoms with Crippen LogP contribution in [0.15, 0.2) is 24.3 Å². The number of unbranched alkanes of at least 4 members (excludes halogenated alkanes) is 3. The second-order valence-corrected chi connectivity index (χ2v) is 5.64. The highest BCUT2D eigenvalue weighted by Crippen LogP contribution is 2.11. The third-order valence-electron chi connectivity index (χ3n) is 2.94. The number of carbonyl (C=O) groups is 2. The molecule has 1 aromatic rings. The van der Waals surface area contributed by atoms with Gasteiger partial charge < -0.3 is 10.1 Å². The van der Waals surface area contributed by atoms with E-state index in [4.69, 9.17) is 0 Å². The maximum atomic E-state index is 11.9. The molecule has 1 N–H and O–H groups in total. The van der Waals surface area contributed by atoms with Crippen LogP contribution in [0, 0.1) is 3.57 Å². The van der Waals surface area contributed by atoms with E-state index < -0.39 is 0 Å². The first kappa shape index (κ1) is 16.9. The topological polar surface area (TPSA) is 55.4 Å². The molecule has 0 bridgehead atoms. The summed E-state index contributed by atoms with van der Waals surface area (Å²) in [6.07, 6.45) is 4.23. The Bertz CT molecular complexity index is 448. The molecule has 0 saturated heterocycles. The molecule has 1 rings (SSSR count). The highest BCUT2D eigenvalue weighted by Gasteiger charge is 2.07. The third kappa shape index (κ3) is 6.36. The van der Waals surface area contributed by atoms with Gasteiger partial charge in [-0.3, -0.25) is 9.59 Å². The van der Waals surface area contributed by atoms with Crippen molar-refractivity contribution in [1.82, 2.24) is 5.32 Å². The van der Waals surface area contributed by atoms with Crippen LogP contribution in [0.2, 0.25) is 0 Å². The first-order valence-electron chi connectivity index (χ1n) is 6.74. The number of hydrogen-bond donors (Lipinski definition) is 1. The largest absolute Gasteiger partial charge is 0.469 e. The van der Waals surface area contributed by atoms with Gasteiger partial charge in [0, 0.05) is 16.5 Å². The molecule has 0 atom stereocenters. The number of amides is 1. The first-order chi connectivity index (χ1) is 9.65. The standard InChI is InChI=1S/C15H20INO3/c1-20-14(18)10-4-2-3-7-11-17-15(19)12-8-5-6-9-13(12)16/h5-6,8-9H,2-4,7,10-11H2,1H3,(H,17,19). The van der Waals surface area contributed by atoms with Gasteiger partial charge in [0.1, 0.15) is 0 Å². The highest BCUT2D eigenvalue weighted by molar-refractivity contribution is 14.1. The molecule has 20 heavy (non-hydrogen) atoms. The van der Waals surface area contributed by atoms with Crippen LogP contribution in [0.25, 0.3) is 0 Å². The van der Waals surface area contributed by atoms with E-state index >= 15 is 0 Å². The summed E-state index contributed by atoms with van der Waals surface area (Å²) in [5, 5.41) is 2.92. The maximum Gasteiger partial charge on any atom is 0.305 e. The van der Waals surface area contributed by atoms with E-state index in [0.29, 0.717) is 13.0 Å². The van der Waals surface area contributed by atoms with Crippen molar-refractivity contribution in [3.63, 3.8) is 0 Å². The molecular weight excluding hydrogens is 369 g/mol. The quantitative estimate of drug-likeness (QED) is 0.422. The first-order valence-corrected chi connectivity index (χ1v) is 7.82. The molecule has 0 saturated carbocycles. The van der Waals surface area contributed by atoms with E-state index in [-0.39, 0.29) is 11.9 Å². The monoisotopic (exact) mass is 389 g/mol. The van der Waals surface area contributed by atoms with Gasteiger partial charge in [-0.25, -0.2) is 0 Å². The summed E-state index contributed by atoms with van der Waals surface area (Å²) >= 11 is 2.16. The van der Waals surface area contributed by atoms with Crippen LogP contribution < -0.4 is 5.32 Å². The van der Waals surface area contributed by atoms with Gasteiger partial charge in [0.05, 0.1) is 12.7 Å². The Morgan fingerprint density at radius 3 is 2.55 bits per heavy atom. The molecule has 0 unspecified atom stereocenters. The SMILES string of the molecule is COC(=O)CCCCCCNC(=O)c1ccccc1I. The van der Waals surface area contributed by atoms with Crippen LogP contribution in [0.5, 0.6) is 0 Å². The molecule has 0 aliphatic carbocycles. The summed E-state index contributed by atoms with van der Waals surface area (Å²) in [7, 11) is 1.41. The lowest BCUT2D eigenvalue weighted by molar-refractivity contribution is -0.140. The van der Waals surface area contributed by atoms with Gasteiger partial charge in [0.2, 0.25) is 0 Å². The summed E-state index contributed by atoms with van der Waals surface area (Å²) in [5.74, 6) is -0.179. The molecule has 5 heteroatoms. The van der Waals surface area contributed by atoms with Crippen LogP contribution in [-0.2, 0) is 9.53 Å². The second kappa shape index (κ2) is 9.74. The number of carbonyl (C=O) groups excluding carboxylic acids is 2. The molecule has 0 spiro atoms. The van der Waals surface area contributed by atoms with E-state index in [9.17, 15) is 9.59 Å². The molecule has 4 nitrogen and oxygen atoms in total. The number of rotatable bonds is 8. The van der Waals surface area contributed by atoms with Crippen molar-refractivity contribution in [2.45, 2.75) is 32.1 Å². The smallest absolute Gasteiger partial charge is 0.305 e. The molecule has 0 fully saturated rings. The van der Waals surface area contributed by atoms with E-state index in [0.717, 1.165) is 34.8 Å². The Balaban J connectivity index is 2.11. The number of hydrogen-bond acceptors (Lipinski definition) is 3. The lowest BCUT2D eigenvalue weighted by Gasteiger charge is -2.06. The molecule has 0 heterocycles. The molecule has 110 valence electrons. The van der Waals surface area contributed by atoms with Crippen molar-refractivity contribution in [3.8, 4) is 0 Å². The molecule has 0 radical (unpaired) electrons. The third-order valence-corrected chi connectivity index (χ3v) is 3.88. The number of nitrogens with one attached hydrogen (secondary N) is 1. The zero-order chi connectivity index (χ0) is 14.8. The number of halogens is 1. The normalized spacial score (nSPS) is 10.1. The molecule has 1 aromatic carbocycles. The van der Waals surface area contributed by atoms with E-state index in [1.54, 1.807) is 0 Å². The van der Waals surface area contributed by atoms with Crippen molar-refractivity contribution in [1.29, 1.82) is 0 Å². The fourth-order valence-corrected chi connectivity index (χ4v) is 2.42. The Morgan fingerprint density at radius 2 is 1.85 bits per heavy atom. The predicted molar refractivity (Wildman–Crippen MR) is 86.6 cm³/mol. The summed E-state index contributed by atoms with van der Waals surface area (Å²) in [6.45, 7) is 0.669. The van der Waals surface area contributed by atoms with Crippen molar-refractivity contribution < 1.29 is 14.3 Å². The van der Waals surface area contributed by atoms with Gasteiger partial charge >= 0.3 is 5.97 Å². The Kier molecular flexibility index (Phi) is 8.25. The van der Waals surface area contributed by atoms with Crippen molar-refractivity contribution in [3.05, 3.63) is 33.4 Å². The van der Waals surface area contributed by atoms with Crippen molar-refractivity contribution in [2.75, 3.05) is 13.7 Å². The minimum Gasteiger partial charge on any atom is -0.469 e. The molecule has 1 amide bonds. The fraction of sp³-hybridized carbons (Fsp3) is 0.467. The van der Waals surface area contributed by atoms with Gasteiger partial charge in [0.15, 0.2) is 0 Å². The summed E-state index contributed by atoms with van der Waals surface area (Å²) in [4.78, 5) is 22.8. The lowest BCUT2D eigenvalue weighted by atomic mass is 10.1. The van der Waals surface area contributed by atoms with Crippen molar-refractivity contribution in [2.24, 2.45) is 0 Å². The maximum absolute atomic E-state index is 11.9. The molecule has 0 aromatic heterocycles. The van der Waals surface area contributed by atoms with Crippen LogP contribution in [-0.4, -0.2) is 25.5 Å². The number of methoxy groups -OCH3 is 1. The second-order valence-electron chi connectivity index (χ2n) is 4.48. The summed E-state index contributed by atoms with van der Waals surface area (Å²) in [6, 6.07) is 7.53. The van der Waals surface area contributed by atoms with Gasteiger partial charge in [-0.2, -0.15) is 0 Å². The Labute approximate surface area is 133 Å². The number of ether oxygens (including phenoxy) is 1. The van der Waals surface area contributed by atoms with Gasteiger partial charge in [0.25, 0.3) is 5.91 Å². The van der Waals surface area contributed by atoms with Crippen molar-refractivity contribution >= 4 is 34.5 Å². The van der Waals surface area contributed by atoms with Gasteiger partial charge in [-0.05, 0) is 47.6 Å². The van der Waals surface area contributed by atoms with Gasteiger partial charge in [-0.15, -0.1) is 0 Å². The predicted octanol–water partition coefficient (Wildman–Crippen LogP) is 3.14. The number of esters is 1. The fourth-order valence-electron chi connectivity index (χ4n) is 1.79. The lowest BCUT2D eigenvalue weighted by Crippen LogP contribution is -2.25. The van der Waals surface area contributed by atoms with Crippen LogP contribution >= 0.6 is 22.6 Å². The molecular formula is C15H20INO3. The highest BCUT2D eigenvalue weighted by atomic mass is 127. The minimum absolute atomic E-state index is 0.0236. The number of benzene rings is 1. The zero-order valence-electron chi connectivity index (χ0n) is 11.7. The van der Waals surface area contributed by atoms with Crippen LogP contribution in [0.4, 0.5) is 0 Å². The summed E-state index contributed by atoms with van der Waals surface area (Å²) in [5.41, 5.74) is 0.721.